The van der Waals surface area contributed by atoms with Gasteiger partial charge < -0.3 is 19.6 Å². The van der Waals surface area contributed by atoms with Gasteiger partial charge in [-0.05, 0) is 24.0 Å². The molecule has 2 amide bonds. The van der Waals surface area contributed by atoms with Gasteiger partial charge in [0, 0.05) is 18.3 Å². The van der Waals surface area contributed by atoms with Crippen molar-refractivity contribution in [1.82, 2.24) is 9.80 Å². The van der Waals surface area contributed by atoms with Gasteiger partial charge in [-0.25, -0.2) is 0 Å². The Morgan fingerprint density at radius 1 is 1.13 bits per heavy atom. The van der Waals surface area contributed by atoms with Gasteiger partial charge in [0.25, 0.3) is 0 Å². The van der Waals surface area contributed by atoms with Crippen LogP contribution in [0.15, 0.2) is 86.0 Å². The second-order valence-electron chi connectivity index (χ2n) is 10.3. The first-order chi connectivity index (χ1) is 19.0. The molecular formula is C31H34N2O5S. The number of nitrogens with zero attached hydrogens (tertiary/aromatic N) is 2. The van der Waals surface area contributed by atoms with Crippen LogP contribution in [0.4, 0.5) is 0 Å². The molecule has 8 heteroatoms. The molecule has 2 bridgehead atoms. The summed E-state index contributed by atoms with van der Waals surface area (Å²) in [7, 11) is 0. The molecular weight excluding hydrogens is 512 g/mol. The van der Waals surface area contributed by atoms with Crippen molar-refractivity contribution in [2.45, 2.75) is 41.5 Å². The molecule has 2 unspecified atom stereocenters. The van der Waals surface area contributed by atoms with E-state index in [0.717, 1.165) is 17.5 Å². The number of thioether (sulfide) groups is 1. The maximum atomic E-state index is 14.6. The minimum atomic E-state index is -0.844. The summed E-state index contributed by atoms with van der Waals surface area (Å²) in [5, 5.41) is 10.5. The maximum absolute atomic E-state index is 14.6. The Labute approximate surface area is 233 Å². The fraction of sp³-hybridized carbons (Fsp3) is 0.387. The predicted molar refractivity (Wildman–Crippen MR) is 150 cm³/mol. The highest BCUT2D eigenvalue weighted by Gasteiger charge is 2.74. The van der Waals surface area contributed by atoms with Crippen LogP contribution in [-0.2, 0) is 25.7 Å². The molecule has 3 aliphatic heterocycles. The average Bonchev–Trinajstić information content (AvgIpc) is 3.60. The zero-order valence-electron chi connectivity index (χ0n) is 21.9. The van der Waals surface area contributed by atoms with E-state index in [1.165, 1.54) is 6.08 Å². The van der Waals surface area contributed by atoms with E-state index in [1.807, 2.05) is 60.7 Å². The number of rotatable bonds is 11. The first-order valence-corrected chi connectivity index (χ1v) is 14.2. The van der Waals surface area contributed by atoms with Crippen LogP contribution in [-0.4, -0.2) is 68.5 Å². The third-order valence-electron chi connectivity index (χ3n) is 8.16. The second-order valence-corrected chi connectivity index (χ2v) is 11.9. The van der Waals surface area contributed by atoms with Crippen molar-refractivity contribution in [3.63, 3.8) is 0 Å². The number of esters is 1. The van der Waals surface area contributed by atoms with E-state index in [9.17, 15) is 19.5 Å². The number of aliphatic hydroxyl groups excluding tert-OH is 1. The minimum absolute atomic E-state index is 0.0696. The van der Waals surface area contributed by atoms with Crippen LogP contribution in [0.2, 0.25) is 0 Å². The Balaban J connectivity index is 1.59. The Hall–Kier alpha value is -3.36. The molecule has 204 valence electrons. The van der Waals surface area contributed by atoms with Crippen molar-refractivity contribution < 1.29 is 24.2 Å². The molecule has 3 heterocycles. The van der Waals surface area contributed by atoms with E-state index in [4.69, 9.17) is 4.74 Å². The number of aliphatic hydroxyl groups is 1. The highest BCUT2D eigenvalue weighted by molar-refractivity contribution is 8.02. The van der Waals surface area contributed by atoms with Crippen LogP contribution in [0, 0.1) is 11.8 Å². The zero-order chi connectivity index (χ0) is 27.6. The van der Waals surface area contributed by atoms with E-state index in [-0.39, 0.29) is 30.3 Å². The Kier molecular flexibility index (Phi) is 7.96. The molecule has 5 rings (SSSR count). The Morgan fingerprint density at radius 3 is 2.46 bits per heavy atom. The van der Waals surface area contributed by atoms with Gasteiger partial charge in [-0.3, -0.25) is 14.4 Å². The molecule has 0 radical (unpaired) electrons. The van der Waals surface area contributed by atoms with E-state index < -0.39 is 34.6 Å². The van der Waals surface area contributed by atoms with Gasteiger partial charge in [0.2, 0.25) is 11.8 Å². The Bertz CT molecular complexity index is 1240. The molecule has 39 heavy (non-hydrogen) atoms. The van der Waals surface area contributed by atoms with Gasteiger partial charge in [0.15, 0.2) is 0 Å². The molecule has 0 aliphatic carbocycles. The summed E-state index contributed by atoms with van der Waals surface area (Å²) in [5.41, 5.74) is 1.71. The summed E-state index contributed by atoms with van der Waals surface area (Å²) in [4.78, 5) is 45.5. The van der Waals surface area contributed by atoms with E-state index >= 15 is 0 Å². The van der Waals surface area contributed by atoms with Gasteiger partial charge in [0.05, 0.1) is 29.2 Å². The van der Waals surface area contributed by atoms with Crippen molar-refractivity contribution in [2.24, 2.45) is 11.8 Å². The number of hydrogen-bond acceptors (Lipinski definition) is 6. The standard InChI is InChI=1S/C31H34N2O5S/c1-3-17-32(19-21-11-7-5-8-12-21)29(36)27-31-16-15-24(39-31)25(30(37)38-18-4-2)26(31)28(35)33(27)23(20-34)22-13-9-6-10-14-22/h3-14,23-27,34H,1-2,15-20H2/t23-,24+,25-,26+,27?,31?/m1/s1. The highest BCUT2D eigenvalue weighted by Crippen LogP contribution is 2.67. The van der Waals surface area contributed by atoms with Crippen LogP contribution in [0.1, 0.15) is 30.0 Å². The van der Waals surface area contributed by atoms with Crippen molar-refractivity contribution in [3.05, 3.63) is 97.1 Å². The molecule has 0 aromatic heterocycles. The SMILES string of the molecule is C=CCOC(=O)[C@@H]1[C@@H]2CCC3(S2)C(C(=O)N(CC=C)Cc2ccccc2)N([C@H](CO)c2ccccc2)C(=O)[C@H]13. The number of hydrogen-bond donors (Lipinski definition) is 1. The van der Waals surface area contributed by atoms with E-state index in [1.54, 1.807) is 27.6 Å². The molecule has 2 aromatic carbocycles. The van der Waals surface area contributed by atoms with Crippen LogP contribution in [0.5, 0.6) is 0 Å². The van der Waals surface area contributed by atoms with Crippen LogP contribution >= 0.6 is 11.8 Å². The Morgan fingerprint density at radius 2 is 1.82 bits per heavy atom. The lowest BCUT2D eigenvalue weighted by atomic mass is 9.71. The largest absolute Gasteiger partial charge is 0.461 e. The van der Waals surface area contributed by atoms with Crippen LogP contribution < -0.4 is 0 Å². The van der Waals surface area contributed by atoms with Gasteiger partial charge in [0.1, 0.15) is 12.6 Å². The van der Waals surface area contributed by atoms with Crippen LogP contribution in [0.3, 0.4) is 0 Å². The summed E-state index contributed by atoms with van der Waals surface area (Å²) in [6.45, 7) is 7.89. The van der Waals surface area contributed by atoms with E-state index in [0.29, 0.717) is 19.5 Å². The van der Waals surface area contributed by atoms with Gasteiger partial charge in [-0.1, -0.05) is 79.4 Å². The summed E-state index contributed by atoms with van der Waals surface area (Å²) < 4.78 is 4.67. The lowest BCUT2D eigenvalue weighted by Crippen LogP contribution is -2.55. The van der Waals surface area contributed by atoms with E-state index in [2.05, 4.69) is 13.2 Å². The molecule has 0 saturated carbocycles. The first kappa shape index (κ1) is 27.2. The fourth-order valence-corrected chi connectivity index (χ4v) is 8.79. The number of ether oxygens (including phenoxy) is 1. The lowest BCUT2D eigenvalue weighted by molar-refractivity contribution is -0.153. The average molecular weight is 547 g/mol. The van der Waals surface area contributed by atoms with Gasteiger partial charge >= 0.3 is 5.97 Å². The molecule has 3 aliphatic rings. The number of carbonyl (C=O) groups is 3. The zero-order valence-corrected chi connectivity index (χ0v) is 22.7. The maximum Gasteiger partial charge on any atom is 0.311 e. The molecule has 3 fully saturated rings. The number of fused-ring (bicyclic) bond motifs is 1. The van der Waals surface area contributed by atoms with Crippen molar-refractivity contribution in [1.29, 1.82) is 0 Å². The number of benzene rings is 2. The van der Waals surface area contributed by atoms with Crippen LogP contribution in [0.25, 0.3) is 0 Å². The summed E-state index contributed by atoms with van der Waals surface area (Å²) in [5.74, 6) is -2.24. The molecule has 7 nitrogen and oxygen atoms in total. The molecule has 3 saturated heterocycles. The van der Waals surface area contributed by atoms with Crippen molar-refractivity contribution >= 4 is 29.5 Å². The lowest BCUT2D eigenvalue weighted by Gasteiger charge is -2.39. The first-order valence-electron chi connectivity index (χ1n) is 13.3. The topological polar surface area (TPSA) is 87.2 Å². The minimum Gasteiger partial charge on any atom is -0.461 e. The third-order valence-corrected chi connectivity index (χ3v) is 10.1. The van der Waals surface area contributed by atoms with Gasteiger partial charge in [-0.2, -0.15) is 0 Å². The second kappa shape index (κ2) is 11.4. The predicted octanol–water partition coefficient (Wildman–Crippen LogP) is 3.76. The monoisotopic (exact) mass is 546 g/mol. The van der Waals surface area contributed by atoms with Crippen molar-refractivity contribution in [3.8, 4) is 0 Å². The number of carbonyl (C=O) groups excluding carboxylic acids is 3. The molecule has 6 atom stereocenters. The summed E-state index contributed by atoms with van der Waals surface area (Å²) >= 11 is 1.58. The number of amides is 2. The highest BCUT2D eigenvalue weighted by atomic mass is 32.2. The summed E-state index contributed by atoms with van der Waals surface area (Å²) in [6.07, 6.45) is 4.55. The molecule has 1 spiro atoms. The van der Waals surface area contributed by atoms with Gasteiger partial charge in [-0.15, -0.1) is 18.3 Å². The fourth-order valence-electron chi connectivity index (χ4n) is 6.61. The number of likely N-dealkylation sites (tertiary alicyclic amines) is 1. The van der Waals surface area contributed by atoms with Crippen molar-refractivity contribution in [2.75, 3.05) is 19.8 Å². The molecule has 2 aromatic rings. The quantitative estimate of drug-likeness (QED) is 0.341. The smallest absolute Gasteiger partial charge is 0.311 e. The molecule has 1 N–H and O–H groups in total. The summed E-state index contributed by atoms with van der Waals surface area (Å²) in [6, 6.07) is 17.4. The third kappa shape index (κ3) is 4.70. The normalized spacial score (nSPS) is 27.6.